The van der Waals surface area contributed by atoms with E-state index in [4.69, 9.17) is 0 Å². The van der Waals surface area contributed by atoms with E-state index in [9.17, 15) is 10.2 Å². The van der Waals surface area contributed by atoms with Crippen molar-refractivity contribution in [3.05, 3.63) is 23.3 Å². The molecule has 124 valence electrons. The quantitative estimate of drug-likeness (QED) is 0.741. The van der Waals surface area contributed by atoms with Gasteiger partial charge in [-0.1, -0.05) is 51.8 Å². The summed E-state index contributed by atoms with van der Waals surface area (Å²) in [6.07, 6.45) is 10.4. The molecule has 22 heavy (non-hydrogen) atoms. The Labute approximate surface area is 135 Å². The summed E-state index contributed by atoms with van der Waals surface area (Å²) < 4.78 is 0. The van der Waals surface area contributed by atoms with Crippen LogP contribution in [0.4, 0.5) is 0 Å². The third kappa shape index (κ3) is 2.30. The minimum Gasteiger partial charge on any atom is -0.368 e. The van der Waals surface area contributed by atoms with Crippen molar-refractivity contribution < 1.29 is 10.2 Å². The number of rotatable bonds is 2. The lowest BCUT2D eigenvalue weighted by atomic mass is 9.46. The molecule has 3 aliphatic rings. The molecule has 4 atom stereocenters. The first-order valence-corrected chi connectivity index (χ1v) is 9.05. The van der Waals surface area contributed by atoms with Crippen molar-refractivity contribution in [2.24, 2.45) is 28.6 Å². The van der Waals surface area contributed by atoms with Crippen LogP contribution in [-0.4, -0.2) is 16.5 Å². The van der Waals surface area contributed by atoms with Gasteiger partial charge in [0.15, 0.2) is 6.29 Å². The normalized spacial score (nSPS) is 41.8. The first-order valence-electron chi connectivity index (χ1n) is 9.05. The van der Waals surface area contributed by atoms with E-state index in [0.717, 1.165) is 19.3 Å². The second-order valence-corrected chi connectivity index (χ2v) is 8.70. The van der Waals surface area contributed by atoms with Crippen LogP contribution >= 0.6 is 0 Å². The molecular weight excluding hydrogens is 272 g/mol. The van der Waals surface area contributed by atoms with E-state index in [0.29, 0.717) is 17.8 Å². The zero-order valence-corrected chi connectivity index (χ0v) is 14.6. The zero-order valence-electron chi connectivity index (χ0n) is 14.6. The molecule has 0 bridgehead atoms. The molecule has 1 unspecified atom stereocenters. The molecule has 1 fully saturated rings. The third-order valence-corrected chi connectivity index (χ3v) is 7.22. The summed E-state index contributed by atoms with van der Waals surface area (Å²) in [5.41, 5.74) is 2.99. The Morgan fingerprint density at radius 1 is 1.18 bits per heavy atom. The van der Waals surface area contributed by atoms with Crippen molar-refractivity contribution in [2.45, 2.75) is 72.5 Å². The fourth-order valence-corrected chi connectivity index (χ4v) is 5.70. The van der Waals surface area contributed by atoms with E-state index in [-0.39, 0.29) is 10.8 Å². The van der Waals surface area contributed by atoms with Gasteiger partial charge in [0, 0.05) is 5.41 Å². The van der Waals surface area contributed by atoms with E-state index >= 15 is 0 Å². The highest BCUT2D eigenvalue weighted by molar-refractivity contribution is 5.35. The Balaban J connectivity index is 1.98. The highest BCUT2D eigenvalue weighted by Crippen LogP contribution is 2.62. The molecule has 0 aromatic carbocycles. The lowest BCUT2D eigenvalue weighted by molar-refractivity contribution is -0.196. The largest absolute Gasteiger partial charge is 0.368 e. The van der Waals surface area contributed by atoms with E-state index in [1.807, 2.05) is 0 Å². The molecule has 0 aliphatic heterocycles. The van der Waals surface area contributed by atoms with Gasteiger partial charge in [-0.05, 0) is 60.8 Å². The number of aliphatic hydroxyl groups excluding tert-OH is 1. The molecule has 2 nitrogen and oxygen atoms in total. The third-order valence-electron chi connectivity index (χ3n) is 7.22. The van der Waals surface area contributed by atoms with Crippen molar-refractivity contribution in [1.82, 2.24) is 0 Å². The SMILES string of the molecule is CC(C)C1=CC2=CCC3[C@](C)(C(O)O)CCC[C@]3(C)[C@H]2CC1. The first kappa shape index (κ1) is 16.3. The van der Waals surface area contributed by atoms with E-state index in [2.05, 4.69) is 39.8 Å². The average molecular weight is 304 g/mol. The topological polar surface area (TPSA) is 40.5 Å². The summed E-state index contributed by atoms with van der Waals surface area (Å²) in [5.74, 6) is 1.63. The van der Waals surface area contributed by atoms with Gasteiger partial charge in [-0.2, -0.15) is 0 Å². The monoisotopic (exact) mass is 304 g/mol. The lowest BCUT2D eigenvalue weighted by Crippen LogP contribution is -2.54. The molecule has 3 aliphatic carbocycles. The van der Waals surface area contributed by atoms with Crippen molar-refractivity contribution in [3.63, 3.8) is 0 Å². The predicted molar refractivity (Wildman–Crippen MR) is 90.1 cm³/mol. The van der Waals surface area contributed by atoms with Crippen LogP contribution in [0, 0.1) is 28.6 Å². The summed E-state index contributed by atoms with van der Waals surface area (Å²) in [7, 11) is 0. The van der Waals surface area contributed by atoms with Crippen LogP contribution in [0.3, 0.4) is 0 Å². The van der Waals surface area contributed by atoms with E-state index < -0.39 is 6.29 Å². The predicted octanol–water partition coefficient (Wildman–Crippen LogP) is 4.43. The van der Waals surface area contributed by atoms with Gasteiger partial charge in [0.1, 0.15) is 0 Å². The molecule has 3 rings (SSSR count). The van der Waals surface area contributed by atoms with Crippen LogP contribution in [0.2, 0.25) is 0 Å². The number of hydrogen-bond donors (Lipinski definition) is 2. The highest BCUT2D eigenvalue weighted by atomic mass is 16.5. The molecule has 0 heterocycles. The van der Waals surface area contributed by atoms with Gasteiger partial charge in [-0.25, -0.2) is 0 Å². The fraction of sp³-hybridized carbons (Fsp3) is 0.800. The second kappa shape index (κ2) is 5.49. The van der Waals surface area contributed by atoms with Crippen LogP contribution in [-0.2, 0) is 0 Å². The van der Waals surface area contributed by atoms with Gasteiger partial charge in [-0.15, -0.1) is 0 Å². The Kier molecular flexibility index (Phi) is 4.06. The molecule has 0 aromatic heterocycles. The smallest absolute Gasteiger partial charge is 0.157 e. The zero-order chi connectivity index (χ0) is 16.1. The summed E-state index contributed by atoms with van der Waals surface area (Å²) in [5, 5.41) is 20.0. The molecular formula is C20H32O2. The van der Waals surface area contributed by atoms with E-state index in [1.165, 1.54) is 24.8 Å². The van der Waals surface area contributed by atoms with Crippen LogP contribution in [0.1, 0.15) is 66.2 Å². The van der Waals surface area contributed by atoms with Crippen molar-refractivity contribution in [2.75, 3.05) is 0 Å². The number of fused-ring (bicyclic) bond motifs is 3. The van der Waals surface area contributed by atoms with Crippen molar-refractivity contribution in [3.8, 4) is 0 Å². The van der Waals surface area contributed by atoms with Crippen LogP contribution in [0.25, 0.3) is 0 Å². The van der Waals surface area contributed by atoms with Gasteiger partial charge in [0.2, 0.25) is 0 Å². The first-order chi connectivity index (χ1) is 10.3. The Morgan fingerprint density at radius 3 is 2.55 bits per heavy atom. The molecule has 1 saturated carbocycles. The number of aliphatic hydroxyl groups is 2. The van der Waals surface area contributed by atoms with Gasteiger partial charge in [0.05, 0.1) is 0 Å². The summed E-state index contributed by atoms with van der Waals surface area (Å²) in [4.78, 5) is 0. The fourth-order valence-electron chi connectivity index (χ4n) is 5.70. The van der Waals surface area contributed by atoms with Gasteiger partial charge in [0.25, 0.3) is 0 Å². The Hall–Kier alpha value is -0.600. The maximum Gasteiger partial charge on any atom is 0.157 e. The summed E-state index contributed by atoms with van der Waals surface area (Å²) in [6.45, 7) is 9.10. The van der Waals surface area contributed by atoms with Gasteiger partial charge < -0.3 is 10.2 Å². The minimum atomic E-state index is -1.20. The highest BCUT2D eigenvalue weighted by Gasteiger charge is 2.56. The van der Waals surface area contributed by atoms with Gasteiger partial charge in [-0.3, -0.25) is 0 Å². The Morgan fingerprint density at radius 2 is 1.91 bits per heavy atom. The molecule has 0 spiro atoms. The summed E-state index contributed by atoms with van der Waals surface area (Å²) >= 11 is 0. The molecule has 2 N–H and O–H groups in total. The van der Waals surface area contributed by atoms with Crippen LogP contribution in [0.15, 0.2) is 23.3 Å². The maximum absolute atomic E-state index is 10.0. The van der Waals surface area contributed by atoms with Crippen molar-refractivity contribution >= 4 is 0 Å². The molecule has 0 amide bonds. The van der Waals surface area contributed by atoms with Crippen molar-refractivity contribution in [1.29, 1.82) is 0 Å². The maximum atomic E-state index is 10.0. The number of allylic oxidation sites excluding steroid dienone is 4. The number of hydrogen-bond acceptors (Lipinski definition) is 2. The average Bonchev–Trinajstić information content (AvgIpc) is 2.46. The minimum absolute atomic E-state index is 0.222. The second-order valence-electron chi connectivity index (χ2n) is 8.70. The van der Waals surface area contributed by atoms with Gasteiger partial charge >= 0.3 is 0 Å². The van der Waals surface area contributed by atoms with Crippen LogP contribution < -0.4 is 0 Å². The summed E-state index contributed by atoms with van der Waals surface area (Å²) in [6, 6.07) is 0. The molecule has 0 radical (unpaired) electrons. The molecule has 0 aromatic rings. The van der Waals surface area contributed by atoms with Crippen LogP contribution in [0.5, 0.6) is 0 Å². The lowest BCUT2D eigenvalue weighted by Gasteiger charge is -2.58. The molecule has 0 saturated heterocycles. The Bertz CT molecular complexity index is 502. The van der Waals surface area contributed by atoms with E-state index in [1.54, 1.807) is 5.57 Å². The molecule has 2 heteroatoms. The standard InChI is InChI=1S/C20H32O2/c1-13(2)14-6-8-16-15(12-14)7-9-17-19(16,3)10-5-11-20(17,4)18(21)22/h7,12-13,16-18,21-22H,5-6,8-11H2,1-4H3/t16-,17?,19+,20+/m0/s1.